The van der Waals surface area contributed by atoms with Gasteiger partial charge in [0.2, 0.25) is 0 Å². The Labute approximate surface area is 313 Å². The number of anilines is 1. The van der Waals surface area contributed by atoms with Gasteiger partial charge < -0.3 is 33.5 Å². The van der Waals surface area contributed by atoms with Crippen molar-refractivity contribution in [3.05, 3.63) is 102 Å². The van der Waals surface area contributed by atoms with Gasteiger partial charge in [-0.2, -0.15) is 0 Å². The molecule has 1 amide bonds. The Hall–Kier alpha value is -4.09. The van der Waals surface area contributed by atoms with Gasteiger partial charge in [0.15, 0.2) is 5.79 Å². The Kier molecular flexibility index (Phi) is 11.2. The van der Waals surface area contributed by atoms with Crippen molar-refractivity contribution in [2.45, 2.75) is 123 Å². The molecular weight excluding hydrogens is 670 g/mol. The molecule has 2 aliphatic rings. The number of halogens is 1. The average Bonchev–Trinajstić information content (AvgIpc) is 3.53. The van der Waals surface area contributed by atoms with Crippen molar-refractivity contribution in [1.29, 1.82) is 0 Å². The third kappa shape index (κ3) is 8.67. The smallest absolute Gasteiger partial charge is 0.403 e. The third-order valence-corrected chi connectivity index (χ3v) is 10.5. The van der Waals surface area contributed by atoms with Gasteiger partial charge in [0.1, 0.15) is 11.6 Å². The molecule has 53 heavy (non-hydrogen) atoms. The van der Waals surface area contributed by atoms with Crippen molar-refractivity contribution in [1.82, 2.24) is 4.57 Å². The zero-order valence-electron chi connectivity index (χ0n) is 32.2. The summed E-state index contributed by atoms with van der Waals surface area (Å²) < 4.78 is 41.5. The molecule has 3 aromatic carbocycles. The minimum atomic E-state index is -0.911. The standard InChI is InChI=1S/C43H52BFN2O6/c1-28(2)38-37(40(49)46-32-17-13-10-14-18-32)36(29-15-11-9-12-16-29)39(30-19-21-31(45)22-20-30)47(38)24-23-34-26-35(51-43(7,8)50-34)25-33(48)27-44-52-41(3,4)42(5,6)53-44/h9-22,28,34-35H,23-27H2,1-8H3,(H,46,49)/t34-,35+/m1/s1. The molecule has 0 saturated carbocycles. The van der Waals surface area contributed by atoms with Crippen LogP contribution in [0.4, 0.5) is 10.1 Å². The van der Waals surface area contributed by atoms with Crippen LogP contribution in [0.25, 0.3) is 22.4 Å². The fourth-order valence-electron chi connectivity index (χ4n) is 7.57. The number of hydrogen-bond donors (Lipinski definition) is 1. The quantitative estimate of drug-likeness (QED) is 0.147. The summed E-state index contributed by atoms with van der Waals surface area (Å²) >= 11 is 0. The SMILES string of the molecule is CC(C)c1c(C(=O)Nc2ccccc2)c(-c2ccccc2)c(-c2ccc(F)cc2)n1CC[C@@H]1C[C@H](CC(=O)CB2OC(C)(C)C(C)(C)O2)OC(C)(C)O1. The summed E-state index contributed by atoms with van der Waals surface area (Å²) in [7, 11) is -0.601. The Morgan fingerprint density at radius 1 is 0.830 bits per heavy atom. The predicted molar refractivity (Wildman–Crippen MR) is 207 cm³/mol. The molecule has 1 aromatic heterocycles. The molecular formula is C43H52BFN2O6. The number of aromatic nitrogens is 1. The number of para-hydroxylation sites is 1. The van der Waals surface area contributed by atoms with Crippen LogP contribution in [0.1, 0.15) is 96.6 Å². The van der Waals surface area contributed by atoms with Crippen molar-refractivity contribution >= 4 is 24.5 Å². The molecule has 4 aromatic rings. The van der Waals surface area contributed by atoms with E-state index >= 15 is 0 Å². The Balaban J connectivity index is 1.33. The summed E-state index contributed by atoms with van der Waals surface area (Å²) in [5.41, 5.74) is 4.42. The van der Waals surface area contributed by atoms with Crippen LogP contribution in [0.3, 0.4) is 0 Å². The first kappa shape index (κ1) is 38.6. The van der Waals surface area contributed by atoms with Crippen LogP contribution >= 0.6 is 0 Å². The second kappa shape index (κ2) is 15.3. The summed E-state index contributed by atoms with van der Waals surface area (Å²) in [6, 6.07) is 25.8. The summed E-state index contributed by atoms with van der Waals surface area (Å²) in [5.74, 6) is -1.50. The van der Waals surface area contributed by atoms with Gasteiger partial charge in [-0.25, -0.2) is 4.39 Å². The second-order valence-corrected chi connectivity index (χ2v) is 16.0. The number of benzene rings is 3. The molecule has 1 N–H and O–H groups in total. The van der Waals surface area contributed by atoms with E-state index in [1.54, 1.807) is 12.1 Å². The second-order valence-electron chi connectivity index (χ2n) is 16.0. The highest BCUT2D eigenvalue weighted by Crippen LogP contribution is 2.43. The number of hydrogen-bond acceptors (Lipinski definition) is 6. The summed E-state index contributed by atoms with van der Waals surface area (Å²) in [4.78, 5) is 27.8. The van der Waals surface area contributed by atoms with Gasteiger partial charge in [0.25, 0.3) is 5.91 Å². The van der Waals surface area contributed by atoms with E-state index in [0.29, 0.717) is 30.6 Å². The molecule has 2 fully saturated rings. The number of Topliss-reactive ketones (excluding diaryl/α,β-unsaturated/α-hetero) is 1. The molecule has 3 heterocycles. The minimum absolute atomic E-state index is 0.0117. The van der Waals surface area contributed by atoms with Crippen LogP contribution in [0, 0.1) is 5.82 Å². The van der Waals surface area contributed by atoms with Crippen molar-refractivity contribution in [2.75, 3.05) is 5.32 Å². The van der Waals surface area contributed by atoms with Gasteiger partial charge >= 0.3 is 7.12 Å². The first-order valence-electron chi connectivity index (χ1n) is 18.7. The number of nitrogens with zero attached hydrogens (tertiary/aromatic N) is 1. The molecule has 8 nitrogen and oxygen atoms in total. The number of nitrogens with one attached hydrogen (secondary N) is 1. The highest BCUT2D eigenvalue weighted by atomic mass is 19.1. The van der Waals surface area contributed by atoms with Crippen LogP contribution in [0.5, 0.6) is 0 Å². The van der Waals surface area contributed by atoms with E-state index < -0.39 is 24.1 Å². The lowest BCUT2D eigenvalue weighted by molar-refractivity contribution is -0.300. The van der Waals surface area contributed by atoms with Crippen molar-refractivity contribution in [3.63, 3.8) is 0 Å². The highest BCUT2D eigenvalue weighted by Gasteiger charge is 2.51. The number of rotatable bonds is 12. The van der Waals surface area contributed by atoms with Crippen LogP contribution < -0.4 is 5.32 Å². The number of amides is 1. The van der Waals surface area contributed by atoms with Gasteiger partial charge in [-0.1, -0.05) is 62.4 Å². The monoisotopic (exact) mass is 722 g/mol. The first-order chi connectivity index (χ1) is 25.0. The maximum atomic E-state index is 14.4. The Bertz CT molecular complexity index is 1890. The summed E-state index contributed by atoms with van der Waals surface area (Å²) in [6.07, 6.45) is 0.893. The number of carbonyl (C=O) groups is 2. The van der Waals surface area contributed by atoms with E-state index in [1.165, 1.54) is 12.1 Å². The summed E-state index contributed by atoms with van der Waals surface area (Å²) in [5, 5.41) is 3.14. The first-order valence-corrected chi connectivity index (χ1v) is 18.7. The van der Waals surface area contributed by atoms with E-state index in [2.05, 4.69) is 23.7 Å². The van der Waals surface area contributed by atoms with E-state index in [4.69, 9.17) is 18.8 Å². The lowest BCUT2D eigenvalue weighted by Crippen LogP contribution is -2.45. The molecule has 10 heteroatoms. The van der Waals surface area contributed by atoms with Gasteiger partial charge in [-0.15, -0.1) is 0 Å². The molecule has 280 valence electrons. The zero-order chi connectivity index (χ0) is 38.1. The van der Waals surface area contributed by atoms with Crippen molar-refractivity contribution in [2.24, 2.45) is 0 Å². The fraction of sp³-hybridized carbons (Fsp3) is 0.442. The molecule has 2 aliphatic heterocycles. The number of ether oxygens (including phenoxy) is 2. The average molecular weight is 723 g/mol. The largest absolute Gasteiger partial charge is 0.465 e. The highest BCUT2D eigenvalue weighted by molar-refractivity contribution is 6.50. The van der Waals surface area contributed by atoms with Crippen molar-refractivity contribution < 1.29 is 32.8 Å². The van der Waals surface area contributed by atoms with Crippen LogP contribution in [0.2, 0.25) is 6.32 Å². The van der Waals surface area contributed by atoms with Crippen LogP contribution in [-0.2, 0) is 30.1 Å². The lowest BCUT2D eigenvalue weighted by Gasteiger charge is -2.41. The van der Waals surface area contributed by atoms with Crippen molar-refractivity contribution in [3.8, 4) is 22.4 Å². The van der Waals surface area contributed by atoms with E-state index in [-0.39, 0.29) is 48.4 Å². The lowest BCUT2D eigenvalue weighted by atomic mass is 9.80. The topological polar surface area (TPSA) is 88.0 Å². The molecule has 0 unspecified atom stereocenters. The van der Waals surface area contributed by atoms with Gasteiger partial charge in [0.05, 0.1) is 34.7 Å². The fourth-order valence-corrected chi connectivity index (χ4v) is 7.57. The maximum absolute atomic E-state index is 14.4. The normalized spacial score (nSPS) is 20.5. The van der Waals surface area contributed by atoms with E-state index in [9.17, 15) is 14.0 Å². The van der Waals surface area contributed by atoms with E-state index in [1.807, 2.05) is 102 Å². The molecule has 2 saturated heterocycles. The van der Waals surface area contributed by atoms with Crippen LogP contribution in [0.15, 0.2) is 84.9 Å². The molecule has 0 radical (unpaired) electrons. The van der Waals surface area contributed by atoms with Gasteiger partial charge in [-0.05, 0) is 101 Å². The molecule has 0 bridgehead atoms. The predicted octanol–water partition coefficient (Wildman–Crippen LogP) is 9.69. The number of carbonyl (C=O) groups excluding carboxylic acids is 2. The van der Waals surface area contributed by atoms with Gasteiger partial charge in [-0.3, -0.25) is 4.79 Å². The van der Waals surface area contributed by atoms with E-state index in [0.717, 1.165) is 28.1 Å². The maximum Gasteiger partial charge on any atom is 0.465 e. The molecule has 2 atom stereocenters. The zero-order valence-corrected chi connectivity index (χ0v) is 32.2. The molecule has 0 spiro atoms. The Morgan fingerprint density at radius 2 is 1.42 bits per heavy atom. The minimum Gasteiger partial charge on any atom is -0.403 e. The molecule has 0 aliphatic carbocycles. The third-order valence-electron chi connectivity index (χ3n) is 10.5. The summed E-state index contributed by atoms with van der Waals surface area (Å²) in [6.45, 7) is 16.3. The van der Waals surface area contributed by atoms with Crippen LogP contribution in [-0.4, -0.2) is 52.6 Å². The molecule has 6 rings (SSSR count). The van der Waals surface area contributed by atoms with Gasteiger partial charge in [0, 0.05) is 42.7 Å². The number of ketones is 1. The Morgan fingerprint density at radius 3 is 2.02 bits per heavy atom.